The fourth-order valence-electron chi connectivity index (χ4n) is 4.86. The molecule has 1 aromatic heterocycles. The first-order valence-electron chi connectivity index (χ1n) is 12.6. The van der Waals surface area contributed by atoms with E-state index in [4.69, 9.17) is 9.26 Å². The van der Waals surface area contributed by atoms with Gasteiger partial charge < -0.3 is 14.6 Å². The number of rotatable bonds is 8. The Labute approximate surface area is 220 Å². The van der Waals surface area contributed by atoms with E-state index in [1.54, 1.807) is 0 Å². The average molecular weight is 554 g/mol. The van der Waals surface area contributed by atoms with Crippen LogP contribution in [0.4, 0.5) is 0 Å². The standard InChI is InChI=1S/C27H32BrN5O3/c28-24-8-2-6-22(15-24)26-30-25(36-31-26)19-33-9-3-7-23(18-33)27(34)29-16-20-4-1-5-21(14-20)17-32-10-12-35-13-11-32/h1-2,4-6,8,14-15,23H,3,7,9-13,16-19H2,(H,29,34). The number of morpholine rings is 1. The van der Waals surface area contributed by atoms with E-state index < -0.39 is 0 Å². The third-order valence-corrected chi connectivity index (χ3v) is 7.25. The van der Waals surface area contributed by atoms with Crippen LogP contribution in [0.15, 0.2) is 57.5 Å². The summed E-state index contributed by atoms with van der Waals surface area (Å²) in [5, 5.41) is 7.29. The minimum Gasteiger partial charge on any atom is -0.379 e. The SMILES string of the molecule is O=C(NCc1cccc(CN2CCOCC2)c1)C1CCCN(Cc2nc(-c3cccc(Br)c3)no2)C1. The molecule has 0 bridgehead atoms. The molecule has 8 nitrogen and oxygen atoms in total. The van der Waals surface area contributed by atoms with E-state index in [-0.39, 0.29) is 11.8 Å². The van der Waals surface area contributed by atoms with Gasteiger partial charge in [-0.15, -0.1) is 0 Å². The van der Waals surface area contributed by atoms with Crippen molar-refractivity contribution in [2.45, 2.75) is 32.5 Å². The molecular formula is C27H32BrN5O3. The Bertz CT molecular complexity index is 1160. The number of nitrogens with one attached hydrogen (secondary N) is 1. The van der Waals surface area contributed by atoms with Crippen molar-refractivity contribution in [3.8, 4) is 11.4 Å². The molecule has 2 aliphatic rings. The summed E-state index contributed by atoms with van der Waals surface area (Å²) < 4.78 is 11.9. The molecule has 5 rings (SSSR count). The van der Waals surface area contributed by atoms with Crippen molar-refractivity contribution in [2.24, 2.45) is 5.92 Å². The van der Waals surface area contributed by atoms with Crippen molar-refractivity contribution in [1.29, 1.82) is 0 Å². The number of aromatic nitrogens is 2. The van der Waals surface area contributed by atoms with Crippen LogP contribution in [-0.2, 0) is 29.2 Å². The summed E-state index contributed by atoms with van der Waals surface area (Å²) in [4.78, 5) is 22.2. The van der Waals surface area contributed by atoms with Crippen LogP contribution < -0.4 is 5.32 Å². The first-order valence-corrected chi connectivity index (χ1v) is 13.4. The highest BCUT2D eigenvalue weighted by Gasteiger charge is 2.27. The molecule has 1 amide bonds. The fraction of sp³-hybridized carbons (Fsp3) is 0.444. The summed E-state index contributed by atoms with van der Waals surface area (Å²) in [6, 6.07) is 16.3. The largest absolute Gasteiger partial charge is 0.379 e. The molecule has 3 heterocycles. The first-order chi connectivity index (χ1) is 17.6. The lowest BCUT2D eigenvalue weighted by atomic mass is 9.97. The number of ether oxygens (including phenoxy) is 1. The number of carbonyl (C=O) groups is 1. The zero-order valence-corrected chi connectivity index (χ0v) is 22.0. The highest BCUT2D eigenvalue weighted by atomic mass is 79.9. The highest BCUT2D eigenvalue weighted by Crippen LogP contribution is 2.22. The molecular weight excluding hydrogens is 522 g/mol. The molecule has 9 heteroatoms. The molecule has 2 aliphatic heterocycles. The minimum absolute atomic E-state index is 0.0391. The van der Waals surface area contributed by atoms with E-state index in [1.807, 2.05) is 24.3 Å². The number of halogens is 1. The summed E-state index contributed by atoms with van der Waals surface area (Å²) in [6.45, 7) is 7.16. The van der Waals surface area contributed by atoms with Gasteiger partial charge in [0.15, 0.2) is 0 Å². The van der Waals surface area contributed by atoms with E-state index in [1.165, 1.54) is 5.56 Å². The van der Waals surface area contributed by atoms with Gasteiger partial charge in [-0.05, 0) is 42.6 Å². The van der Waals surface area contributed by atoms with Gasteiger partial charge in [-0.3, -0.25) is 14.6 Å². The Morgan fingerprint density at radius 3 is 2.72 bits per heavy atom. The molecule has 190 valence electrons. The van der Waals surface area contributed by atoms with E-state index >= 15 is 0 Å². The van der Waals surface area contributed by atoms with Crippen LogP contribution in [-0.4, -0.2) is 65.2 Å². The second kappa shape index (κ2) is 12.1. The monoisotopic (exact) mass is 553 g/mol. The zero-order chi connectivity index (χ0) is 24.7. The number of piperidine rings is 1. The maximum atomic E-state index is 13.0. The molecule has 0 radical (unpaired) electrons. The van der Waals surface area contributed by atoms with Gasteiger partial charge in [0.1, 0.15) is 0 Å². The Morgan fingerprint density at radius 2 is 1.86 bits per heavy atom. The lowest BCUT2D eigenvalue weighted by molar-refractivity contribution is -0.127. The number of hydrogen-bond acceptors (Lipinski definition) is 7. The molecule has 2 fully saturated rings. The van der Waals surface area contributed by atoms with Gasteiger partial charge in [0.05, 0.1) is 25.7 Å². The van der Waals surface area contributed by atoms with Crippen molar-refractivity contribution in [3.63, 3.8) is 0 Å². The molecule has 2 aromatic carbocycles. The lowest BCUT2D eigenvalue weighted by Gasteiger charge is -2.30. The van der Waals surface area contributed by atoms with Crippen LogP contribution >= 0.6 is 15.9 Å². The second-order valence-corrected chi connectivity index (χ2v) is 10.4. The predicted octanol–water partition coefficient (Wildman–Crippen LogP) is 3.86. The van der Waals surface area contributed by atoms with Gasteiger partial charge in [-0.1, -0.05) is 57.5 Å². The van der Waals surface area contributed by atoms with E-state index in [2.05, 4.69) is 65.5 Å². The smallest absolute Gasteiger partial charge is 0.241 e. The molecule has 0 aliphatic carbocycles. The summed E-state index contributed by atoms with van der Waals surface area (Å²) in [6.07, 6.45) is 1.87. The lowest BCUT2D eigenvalue weighted by Crippen LogP contribution is -2.42. The van der Waals surface area contributed by atoms with Crippen LogP contribution in [0.1, 0.15) is 29.9 Å². The number of nitrogens with zero attached hydrogens (tertiary/aromatic N) is 4. The second-order valence-electron chi connectivity index (χ2n) is 9.52. The highest BCUT2D eigenvalue weighted by molar-refractivity contribution is 9.10. The van der Waals surface area contributed by atoms with Gasteiger partial charge in [0.2, 0.25) is 17.6 Å². The fourth-order valence-corrected chi connectivity index (χ4v) is 5.26. The molecule has 36 heavy (non-hydrogen) atoms. The van der Waals surface area contributed by atoms with Gasteiger partial charge >= 0.3 is 0 Å². The summed E-state index contributed by atoms with van der Waals surface area (Å²) in [5.41, 5.74) is 3.31. The van der Waals surface area contributed by atoms with E-state index in [0.29, 0.717) is 31.3 Å². The number of likely N-dealkylation sites (tertiary alicyclic amines) is 1. The van der Waals surface area contributed by atoms with Crippen LogP contribution in [0.25, 0.3) is 11.4 Å². The number of carbonyl (C=O) groups excluding carboxylic acids is 1. The van der Waals surface area contributed by atoms with Gasteiger partial charge in [-0.2, -0.15) is 4.98 Å². The summed E-state index contributed by atoms with van der Waals surface area (Å²) >= 11 is 3.48. The topological polar surface area (TPSA) is 83.7 Å². The molecule has 3 aromatic rings. The third kappa shape index (κ3) is 6.79. The Balaban J connectivity index is 1.11. The Morgan fingerprint density at radius 1 is 1.03 bits per heavy atom. The Kier molecular flexibility index (Phi) is 8.43. The summed E-state index contributed by atoms with van der Waals surface area (Å²) in [5.74, 6) is 1.22. The Hall–Kier alpha value is -2.59. The minimum atomic E-state index is -0.0391. The summed E-state index contributed by atoms with van der Waals surface area (Å²) in [7, 11) is 0. The molecule has 1 atom stereocenters. The van der Waals surface area contributed by atoms with E-state index in [0.717, 1.165) is 67.8 Å². The molecule has 1 N–H and O–H groups in total. The van der Waals surface area contributed by atoms with Crippen molar-refractivity contribution in [2.75, 3.05) is 39.4 Å². The van der Waals surface area contributed by atoms with Crippen LogP contribution in [0, 0.1) is 5.92 Å². The average Bonchev–Trinajstić information content (AvgIpc) is 3.37. The number of amides is 1. The quantitative estimate of drug-likeness (QED) is 0.453. The van der Waals surface area contributed by atoms with Crippen LogP contribution in [0.3, 0.4) is 0 Å². The normalized spacial score (nSPS) is 19.3. The predicted molar refractivity (Wildman–Crippen MR) is 140 cm³/mol. The van der Waals surface area contributed by atoms with Crippen molar-refractivity contribution in [3.05, 3.63) is 70.0 Å². The van der Waals surface area contributed by atoms with Crippen LogP contribution in [0.2, 0.25) is 0 Å². The number of benzene rings is 2. The first kappa shape index (κ1) is 25.1. The van der Waals surface area contributed by atoms with Gasteiger partial charge in [0, 0.05) is 42.8 Å². The molecule has 0 spiro atoms. The molecule has 2 saturated heterocycles. The molecule has 0 saturated carbocycles. The molecule has 1 unspecified atom stereocenters. The van der Waals surface area contributed by atoms with Gasteiger partial charge in [-0.25, -0.2) is 0 Å². The number of hydrogen-bond donors (Lipinski definition) is 1. The van der Waals surface area contributed by atoms with Crippen molar-refractivity contribution < 1.29 is 14.1 Å². The maximum absolute atomic E-state index is 13.0. The van der Waals surface area contributed by atoms with Crippen molar-refractivity contribution >= 4 is 21.8 Å². The van der Waals surface area contributed by atoms with Crippen LogP contribution in [0.5, 0.6) is 0 Å². The van der Waals surface area contributed by atoms with Crippen molar-refractivity contribution in [1.82, 2.24) is 25.3 Å². The third-order valence-electron chi connectivity index (χ3n) is 6.75. The van der Waals surface area contributed by atoms with Gasteiger partial charge in [0.25, 0.3) is 0 Å². The maximum Gasteiger partial charge on any atom is 0.241 e. The zero-order valence-electron chi connectivity index (χ0n) is 20.4. The van der Waals surface area contributed by atoms with E-state index in [9.17, 15) is 4.79 Å².